The van der Waals surface area contributed by atoms with Crippen molar-refractivity contribution in [2.75, 3.05) is 11.9 Å². The minimum absolute atomic E-state index is 0.0602. The van der Waals surface area contributed by atoms with Gasteiger partial charge < -0.3 is 15.2 Å². The highest BCUT2D eigenvalue weighted by Crippen LogP contribution is 2.32. The molecule has 0 amide bonds. The Morgan fingerprint density at radius 3 is 2.55 bits per heavy atom. The predicted octanol–water partition coefficient (Wildman–Crippen LogP) is 5.46. The maximum absolute atomic E-state index is 10.5. The van der Waals surface area contributed by atoms with Crippen LogP contribution in [0.1, 0.15) is 26.7 Å². The fourth-order valence-electron chi connectivity index (χ4n) is 2.87. The van der Waals surface area contributed by atoms with E-state index in [2.05, 4.69) is 15.5 Å². The van der Waals surface area contributed by atoms with Gasteiger partial charge in [-0.2, -0.15) is 5.10 Å². The molecule has 1 aromatic heterocycles. The van der Waals surface area contributed by atoms with Gasteiger partial charge >= 0.3 is 5.97 Å². The number of aliphatic carboxylic acids is 1. The summed E-state index contributed by atoms with van der Waals surface area (Å²) in [6.45, 7) is 4.54. The Balaban J connectivity index is 1.66. The van der Waals surface area contributed by atoms with Gasteiger partial charge in [-0.05, 0) is 62.2 Å². The van der Waals surface area contributed by atoms with Gasteiger partial charge in [0, 0.05) is 24.2 Å². The van der Waals surface area contributed by atoms with E-state index in [0.717, 1.165) is 28.2 Å². The lowest BCUT2D eigenvalue weighted by Gasteiger charge is -2.11. The molecule has 0 saturated heterocycles. The number of halogens is 1. The van der Waals surface area contributed by atoms with Gasteiger partial charge in [0.1, 0.15) is 5.75 Å². The minimum Gasteiger partial charge on any atom is -0.489 e. The third kappa shape index (κ3) is 5.74. The second kappa shape index (κ2) is 9.47. The Hall–Kier alpha value is -2.99. The van der Waals surface area contributed by atoms with Crippen LogP contribution >= 0.6 is 11.6 Å². The SMILES string of the molecule is CC(C)Oc1ccc(-c2cc(-c3ccc(NCCCC(=O)O)cc3)[nH]n2)cc1Cl. The van der Waals surface area contributed by atoms with Crippen LogP contribution in [0.3, 0.4) is 0 Å². The molecule has 29 heavy (non-hydrogen) atoms. The molecular formula is C22H24ClN3O3. The van der Waals surface area contributed by atoms with E-state index in [1.54, 1.807) is 0 Å². The lowest BCUT2D eigenvalue weighted by Crippen LogP contribution is -2.05. The van der Waals surface area contributed by atoms with Crippen LogP contribution in [0.4, 0.5) is 5.69 Å². The summed E-state index contributed by atoms with van der Waals surface area (Å²) in [6, 6.07) is 15.5. The first kappa shape index (κ1) is 20.7. The van der Waals surface area contributed by atoms with Crippen molar-refractivity contribution in [2.24, 2.45) is 0 Å². The molecule has 0 saturated carbocycles. The number of carbonyl (C=O) groups is 1. The molecule has 3 aromatic rings. The summed E-state index contributed by atoms with van der Waals surface area (Å²) >= 11 is 6.33. The number of aromatic nitrogens is 2. The van der Waals surface area contributed by atoms with E-state index in [0.29, 0.717) is 23.7 Å². The summed E-state index contributed by atoms with van der Waals surface area (Å²) in [5.41, 5.74) is 4.56. The summed E-state index contributed by atoms with van der Waals surface area (Å²) in [7, 11) is 0. The van der Waals surface area contributed by atoms with E-state index in [-0.39, 0.29) is 12.5 Å². The Labute approximate surface area is 174 Å². The normalized spacial score (nSPS) is 10.9. The number of rotatable bonds is 9. The summed E-state index contributed by atoms with van der Waals surface area (Å²) in [5.74, 6) is -0.117. The van der Waals surface area contributed by atoms with Gasteiger partial charge in [0.2, 0.25) is 0 Å². The zero-order valence-electron chi connectivity index (χ0n) is 16.4. The number of ether oxygens (including phenoxy) is 1. The first-order valence-corrected chi connectivity index (χ1v) is 9.88. The van der Waals surface area contributed by atoms with E-state index in [1.165, 1.54) is 0 Å². The van der Waals surface area contributed by atoms with Gasteiger partial charge in [0.15, 0.2) is 0 Å². The Bertz CT molecular complexity index is 968. The number of aromatic amines is 1. The van der Waals surface area contributed by atoms with Crippen molar-refractivity contribution in [3.05, 3.63) is 53.6 Å². The molecule has 0 aliphatic carbocycles. The third-order valence-electron chi connectivity index (χ3n) is 4.26. The molecule has 0 fully saturated rings. The van der Waals surface area contributed by atoms with Crippen LogP contribution in [0.5, 0.6) is 5.75 Å². The van der Waals surface area contributed by atoms with Crippen molar-refractivity contribution in [1.29, 1.82) is 0 Å². The number of anilines is 1. The van der Waals surface area contributed by atoms with Crippen LogP contribution in [0, 0.1) is 0 Å². The number of carboxylic acids is 1. The van der Waals surface area contributed by atoms with Gasteiger partial charge in [-0.25, -0.2) is 0 Å². The standard InChI is InChI=1S/C22H24ClN3O3/c1-14(2)29-21-10-7-16(12-18(21)23)20-13-19(25-26-20)15-5-8-17(9-6-15)24-11-3-4-22(27)28/h5-10,12-14,24H,3-4,11H2,1-2H3,(H,25,26)(H,27,28). The fourth-order valence-corrected chi connectivity index (χ4v) is 3.09. The quantitative estimate of drug-likeness (QED) is 0.405. The molecule has 0 radical (unpaired) electrons. The minimum atomic E-state index is -0.777. The number of H-pyrrole nitrogens is 1. The number of nitrogens with one attached hydrogen (secondary N) is 2. The van der Waals surface area contributed by atoms with Crippen LogP contribution in [-0.2, 0) is 4.79 Å². The van der Waals surface area contributed by atoms with Gasteiger partial charge in [-0.1, -0.05) is 23.7 Å². The lowest BCUT2D eigenvalue weighted by molar-refractivity contribution is -0.137. The van der Waals surface area contributed by atoms with Crippen LogP contribution < -0.4 is 10.1 Å². The van der Waals surface area contributed by atoms with Gasteiger partial charge in [0.25, 0.3) is 0 Å². The summed E-state index contributed by atoms with van der Waals surface area (Å²) in [6.07, 6.45) is 0.811. The average Bonchev–Trinajstić information content (AvgIpc) is 3.17. The summed E-state index contributed by atoms with van der Waals surface area (Å²) < 4.78 is 5.67. The van der Waals surface area contributed by atoms with E-state index in [9.17, 15) is 4.79 Å². The molecule has 0 atom stereocenters. The van der Waals surface area contributed by atoms with Gasteiger partial charge in [0.05, 0.1) is 22.5 Å². The monoisotopic (exact) mass is 413 g/mol. The molecule has 1 heterocycles. The molecule has 6 nitrogen and oxygen atoms in total. The van der Waals surface area contributed by atoms with E-state index in [1.807, 2.05) is 62.4 Å². The van der Waals surface area contributed by atoms with Crippen molar-refractivity contribution in [3.8, 4) is 28.3 Å². The maximum Gasteiger partial charge on any atom is 0.303 e. The number of benzene rings is 2. The van der Waals surface area contributed by atoms with Gasteiger partial charge in [-0.3, -0.25) is 9.89 Å². The van der Waals surface area contributed by atoms with E-state index in [4.69, 9.17) is 21.4 Å². The Morgan fingerprint density at radius 1 is 1.17 bits per heavy atom. The maximum atomic E-state index is 10.5. The predicted molar refractivity (Wildman–Crippen MR) is 116 cm³/mol. The molecule has 2 aromatic carbocycles. The topological polar surface area (TPSA) is 87.2 Å². The largest absolute Gasteiger partial charge is 0.489 e. The first-order valence-electron chi connectivity index (χ1n) is 9.50. The second-order valence-electron chi connectivity index (χ2n) is 6.98. The Morgan fingerprint density at radius 2 is 1.90 bits per heavy atom. The Kier molecular flexibility index (Phi) is 6.77. The van der Waals surface area contributed by atoms with Crippen LogP contribution in [-0.4, -0.2) is 33.9 Å². The lowest BCUT2D eigenvalue weighted by atomic mass is 10.1. The summed E-state index contributed by atoms with van der Waals surface area (Å²) in [5, 5.41) is 19.9. The molecule has 0 spiro atoms. The highest BCUT2D eigenvalue weighted by atomic mass is 35.5. The second-order valence-corrected chi connectivity index (χ2v) is 7.39. The van der Waals surface area contributed by atoms with Crippen LogP contribution in [0.15, 0.2) is 48.5 Å². The smallest absolute Gasteiger partial charge is 0.303 e. The number of carboxylic acid groups (broad SMARTS) is 1. The number of hydrogen-bond donors (Lipinski definition) is 3. The highest BCUT2D eigenvalue weighted by Gasteiger charge is 2.10. The molecule has 3 rings (SSSR count). The van der Waals surface area contributed by atoms with Crippen molar-refractivity contribution in [3.63, 3.8) is 0 Å². The highest BCUT2D eigenvalue weighted by molar-refractivity contribution is 6.32. The molecule has 0 bridgehead atoms. The zero-order chi connectivity index (χ0) is 20.8. The molecular weight excluding hydrogens is 390 g/mol. The molecule has 3 N–H and O–H groups in total. The molecule has 152 valence electrons. The molecule has 0 unspecified atom stereocenters. The van der Waals surface area contributed by atoms with Crippen molar-refractivity contribution < 1.29 is 14.6 Å². The fraction of sp³-hybridized carbons (Fsp3) is 0.273. The van der Waals surface area contributed by atoms with Crippen molar-refractivity contribution in [2.45, 2.75) is 32.8 Å². The van der Waals surface area contributed by atoms with Crippen molar-refractivity contribution >= 4 is 23.3 Å². The first-order chi connectivity index (χ1) is 13.9. The molecule has 0 aliphatic rings. The molecule has 0 aliphatic heterocycles. The average molecular weight is 414 g/mol. The number of nitrogens with zero attached hydrogens (tertiary/aromatic N) is 1. The van der Waals surface area contributed by atoms with Gasteiger partial charge in [-0.15, -0.1) is 0 Å². The van der Waals surface area contributed by atoms with E-state index < -0.39 is 5.97 Å². The van der Waals surface area contributed by atoms with Crippen LogP contribution in [0.2, 0.25) is 5.02 Å². The third-order valence-corrected chi connectivity index (χ3v) is 4.56. The summed E-state index contributed by atoms with van der Waals surface area (Å²) in [4.78, 5) is 10.5. The van der Waals surface area contributed by atoms with Crippen molar-refractivity contribution in [1.82, 2.24) is 10.2 Å². The van der Waals surface area contributed by atoms with E-state index >= 15 is 0 Å². The molecule has 7 heteroatoms. The number of hydrogen-bond acceptors (Lipinski definition) is 4. The zero-order valence-corrected chi connectivity index (χ0v) is 17.2. The van der Waals surface area contributed by atoms with Crippen LogP contribution in [0.25, 0.3) is 22.5 Å².